The Labute approximate surface area is 207 Å². The normalized spacial score (nSPS) is 22.8. The van der Waals surface area contributed by atoms with Gasteiger partial charge in [-0.25, -0.2) is 0 Å². The summed E-state index contributed by atoms with van der Waals surface area (Å²) in [5.74, 6) is 0.569. The molecule has 0 bridgehead atoms. The van der Waals surface area contributed by atoms with E-state index in [9.17, 15) is 9.59 Å². The molecule has 0 spiro atoms. The fourth-order valence-electron chi connectivity index (χ4n) is 5.19. The molecule has 35 heavy (non-hydrogen) atoms. The van der Waals surface area contributed by atoms with Gasteiger partial charge in [-0.1, -0.05) is 19.9 Å². The van der Waals surface area contributed by atoms with Gasteiger partial charge >= 0.3 is 5.97 Å². The molecule has 2 unspecified atom stereocenters. The molecule has 2 aliphatic carbocycles. The van der Waals surface area contributed by atoms with Crippen LogP contribution in [-0.4, -0.2) is 24.1 Å². The van der Waals surface area contributed by atoms with E-state index in [-0.39, 0.29) is 35.0 Å². The minimum Gasteiger partial charge on any atom is -0.490 e. The van der Waals surface area contributed by atoms with Crippen LogP contribution in [0.1, 0.15) is 69.2 Å². The lowest BCUT2D eigenvalue weighted by atomic mass is 9.68. The van der Waals surface area contributed by atoms with Crippen LogP contribution in [0.3, 0.4) is 0 Å². The van der Waals surface area contributed by atoms with Crippen LogP contribution in [0.4, 0.5) is 11.4 Å². The second-order valence-corrected chi connectivity index (χ2v) is 11.0. The van der Waals surface area contributed by atoms with E-state index in [4.69, 9.17) is 14.5 Å². The molecule has 5 rings (SSSR count). The molecular formula is C29H34N2O4. The van der Waals surface area contributed by atoms with Crippen molar-refractivity contribution in [1.29, 1.82) is 0 Å². The highest BCUT2D eigenvalue weighted by molar-refractivity contribution is 6.10. The minimum absolute atomic E-state index is 0.00198. The van der Waals surface area contributed by atoms with Crippen molar-refractivity contribution in [3.05, 3.63) is 47.0 Å². The van der Waals surface area contributed by atoms with Crippen molar-refractivity contribution in [2.75, 3.05) is 11.9 Å². The van der Waals surface area contributed by atoms with Crippen LogP contribution >= 0.6 is 0 Å². The molecule has 2 atom stereocenters. The standard InChI is InChI=1S/C29H34N2O4/c1-6-34-25-13-19(9-10-24(25)35-28(33)18-7-8-18)27-26-22(14-29(4,5)15-23(26)32)30-20-11-16(2)17(3)12-21(20)31-27/h9-13,18,26-27,31H,6-8,14-15H2,1-5H3. The number of carbonyl (C=O) groups excluding carboxylic acids is 2. The van der Waals surface area contributed by atoms with Gasteiger partial charge in [-0.3, -0.25) is 14.6 Å². The van der Waals surface area contributed by atoms with E-state index < -0.39 is 0 Å². The maximum Gasteiger partial charge on any atom is 0.314 e. The van der Waals surface area contributed by atoms with Crippen LogP contribution in [0.2, 0.25) is 0 Å². The first-order chi connectivity index (χ1) is 16.6. The van der Waals surface area contributed by atoms with Gasteiger partial charge < -0.3 is 14.8 Å². The lowest BCUT2D eigenvalue weighted by Gasteiger charge is -2.37. The SMILES string of the molecule is CCOc1cc(C2Nc3cc(C)c(C)cc3N=C3CC(C)(C)CC(=O)C32)ccc1OC(=O)C1CC1. The van der Waals surface area contributed by atoms with E-state index in [1.807, 2.05) is 19.1 Å². The summed E-state index contributed by atoms with van der Waals surface area (Å²) in [6, 6.07) is 9.56. The van der Waals surface area contributed by atoms with E-state index in [0.29, 0.717) is 24.5 Å². The number of anilines is 1. The zero-order valence-electron chi connectivity index (χ0n) is 21.2. The van der Waals surface area contributed by atoms with Gasteiger partial charge in [0.2, 0.25) is 0 Å². The van der Waals surface area contributed by atoms with E-state index in [2.05, 4.69) is 45.1 Å². The van der Waals surface area contributed by atoms with Gasteiger partial charge in [0, 0.05) is 12.1 Å². The molecule has 1 heterocycles. The summed E-state index contributed by atoms with van der Waals surface area (Å²) in [5.41, 5.74) is 5.85. The fourth-order valence-corrected chi connectivity index (χ4v) is 5.19. The van der Waals surface area contributed by atoms with Gasteiger partial charge in [-0.15, -0.1) is 0 Å². The molecule has 1 N–H and O–H groups in total. The monoisotopic (exact) mass is 474 g/mol. The largest absolute Gasteiger partial charge is 0.490 e. The van der Waals surface area contributed by atoms with E-state index in [1.165, 1.54) is 11.1 Å². The third-order valence-corrected chi connectivity index (χ3v) is 7.29. The van der Waals surface area contributed by atoms with E-state index in [0.717, 1.165) is 41.9 Å². The average Bonchev–Trinajstić information content (AvgIpc) is 3.62. The number of esters is 1. The van der Waals surface area contributed by atoms with Crippen molar-refractivity contribution in [2.45, 2.75) is 66.3 Å². The Balaban J connectivity index is 1.58. The molecule has 6 heteroatoms. The summed E-state index contributed by atoms with van der Waals surface area (Å²) < 4.78 is 11.5. The highest BCUT2D eigenvalue weighted by Gasteiger charge is 2.44. The first kappa shape index (κ1) is 23.6. The van der Waals surface area contributed by atoms with Gasteiger partial charge in [0.15, 0.2) is 11.5 Å². The first-order valence-electron chi connectivity index (χ1n) is 12.6. The summed E-state index contributed by atoms with van der Waals surface area (Å²) in [5, 5.41) is 3.66. The molecule has 0 radical (unpaired) electrons. The number of aliphatic imine (C=N–C) groups is 1. The summed E-state index contributed by atoms with van der Waals surface area (Å²) >= 11 is 0. The topological polar surface area (TPSA) is 77.0 Å². The molecule has 0 saturated heterocycles. The number of ketones is 1. The van der Waals surface area contributed by atoms with Crippen LogP contribution in [0.25, 0.3) is 0 Å². The number of nitrogens with one attached hydrogen (secondary N) is 1. The zero-order valence-corrected chi connectivity index (χ0v) is 21.2. The lowest BCUT2D eigenvalue weighted by molar-refractivity contribution is -0.135. The molecule has 2 aromatic carbocycles. The van der Waals surface area contributed by atoms with Crippen molar-refractivity contribution in [1.82, 2.24) is 0 Å². The fraction of sp³-hybridized carbons (Fsp3) is 0.483. The molecular weight excluding hydrogens is 440 g/mol. The zero-order chi connectivity index (χ0) is 24.9. The number of nitrogens with zero attached hydrogens (tertiary/aromatic N) is 1. The van der Waals surface area contributed by atoms with Crippen molar-refractivity contribution in [2.24, 2.45) is 22.2 Å². The number of fused-ring (bicyclic) bond motifs is 2. The Hall–Kier alpha value is -3.15. The molecule has 2 saturated carbocycles. The van der Waals surface area contributed by atoms with Crippen molar-refractivity contribution >= 4 is 28.8 Å². The quantitative estimate of drug-likeness (QED) is 0.409. The first-order valence-corrected chi connectivity index (χ1v) is 12.6. The van der Waals surface area contributed by atoms with Gasteiger partial charge in [-0.2, -0.15) is 0 Å². The number of Topliss-reactive ketones (excluding diaryl/α,β-unsaturated/α-hetero) is 1. The second kappa shape index (κ2) is 8.81. The smallest absolute Gasteiger partial charge is 0.314 e. The summed E-state index contributed by atoms with van der Waals surface area (Å²) in [6.07, 6.45) is 3.04. The number of hydrogen-bond acceptors (Lipinski definition) is 6. The molecule has 0 amide bonds. The van der Waals surface area contributed by atoms with Crippen molar-refractivity contribution in [3.8, 4) is 11.5 Å². The van der Waals surface area contributed by atoms with Gasteiger partial charge in [0.25, 0.3) is 0 Å². The Kier molecular flexibility index (Phi) is 5.94. The van der Waals surface area contributed by atoms with Gasteiger partial charge in [0.05, 0.1) is 35.9 Å². The van der Waals surface area contributed by atoms with Gasteiger partial charge in [0.1, 0.15) is 5.78 Å². The number of rotatable bonds is 5. The predicted octanol–water partition coefficient (Wildman–Crippen LogP) is 6.26. The second-order valence-electron chi connectivity index (χ2n) is 11.0. The third-order valence-electron chi connectivity index (χ3n) is 7.29. The molecule has 2 fully saturated rings. The van der Waals surface area contributed by atoms with Gasteiger partial charge in [-0.05, 0) is 86.4 Å². The van der Waals surface area contributed by atoms with Crippen LogP contribution in [0.5, 0.6) is 11.5 Å². The minimum atomic E-state index is -0.370. The maximum atomic E-state index is 13.5. The summed E-state index contributed by atoms with van der Waals surface area (Å²) in [4.78, 5) is 30.9. The molecule has 6 nitrogen and oxygen atoms in total. The Morgan fingerprint density at radius 2 is 1.83 bits per heavy atom. The summed E-state index contributed by atoms with van der Waals surface area (Å²) in [6.45, 7) is 10.8. The Bertz CT molecular complexity index is 1230. The highest BCUT2D eigenvalue weighted by Crippen LogP contribution is 2.46. The predicted molar refractivity (Wildman–Crippen MR) is 137 cm³/mol. The highest BCUT2D eigenvalue weighted by atomic mass is 16.6. The van der Waals surface area contributed by atoms with Crippen LogP contribution < -0.4 is 14.8 Å². The number of benzene rings is 2. The van der Waals surface area contributed by atoms with Crippen molar-refractivity contribution < 1.29 is 19.1 Å². The van der Waals surface area contributed by atoms with Crippen LogP contribution in [-0.2, 0) is 9.59 Å². The molecule has 3 aliphatic rings. The number of ether oxygens (including phenoxy) is 2. The number of hydrogen-bond donors (Lipinski definition) is 1. The maximum absolute atomic E-state index is 13.5. The lowest BCUT2D eigenvalue weighted by Crippen LogP contribution is -2.42. The third kappa shape index (κ3) is 4.71. The Morgan fingerprint density at radius 3 is 2.54 bits per heavy atom. The summed E-state index contributed by atoms with van der Waals surface area (Å²) in [7, 11) is 0. The molecule has 184 valence electrons. The molecule has 2 aromatic rings. The molecule has 0 aromatic heterocycles. The molecule has 1 aliphatic heterocycles. The van der Waals surface area contributed by atoms with E-state index in [1.54, 1.807) is 6.07 Å². The van der Waals surface area contributed by atoms with E-state index >= 15 is 0 Å². The number of carbonyl (C=O) groups is 2. The average molecular weight is 475 g/mol. The van der Waals surface area contributed by atoms with Crippen LogP contribution in [0, 0.1) is 31.1 Å². The Morgan fingerprint density at radius 1 is 1.09 bits per heavy atom. The van der Waals surface area contributed by atoms with Crippen molar-refractivity contribution in [3.63, 3.8) is 0 Å². The number of aryl methyl sites for hydroxylation is 2. The van der Waals surface area contributed by atoms with Crippen LogP contribution in [0.15, 0.2) is 35.3 Å².